The molecule has 94 valence electrons. The van der Waals surface area contributed by atoms with Crippen LogP contribution in [0.2, 0.25) is 0 Å². The molecule has 0 amide bonds. The van der Waals surface area contributed by atoms with E-state index < -0.39 is 5.60 Å². The largest absolute Gasteiger partial charge is 0.394 e. The average molecular weight is 230 g/mol. The van der Waals surface area contributed by atoms with E-state index in [1.165, 1.54) is 0 Å². The van der Waals surface area contributed by atoms with Crippen LogP contribution in [0, 0.1) is 0 Å². The Bertz CT molecular complexity index is 181. The first-order chi connectivity index (χ1) is 7.68. The van der Waals surface area contributed by atoms with Gasteiger partial charge in [-0.3, -0.25) is 0 Å². The molecule has 0 saturated heterocycles. The van der Waals surface area contributed by atoms with Crippen LogP contribution in [0.25, 0.3) is 0 Å². The van der Waals surface area contributed by atoms with E-state index in [1.54, 1.807) is 12.2 Å². The van der Waals surface area contributed by atoms with E-state index in [-0.39, 0.29) is 13.2 Å². The fourth-order valence-corrected chi connectivity index (χ4v) is 1.29. The highest BCUT2D eigenvalue weighted by atomic mass is 16.5. The maximum absolute atomic E-state index is 10.1. The Morgan fingerprint density at radius 3 is 2.06 bits per heavy atom. The molecule has 0 aliphatic rings. The van der Waals surface area contributed by atoms with E-state index in [9.17, 15) is 5.11 Å². The highest BCUT2D eigenvalue weighted by Crippen LogP contribution is 2.16. The van der Waals surface area contributed by atoms with Crippen LogP contribution in [0.3, 0.4) is 0 Å². The fourth-order valence-electron chi connectivity index (χ4n) is 1.29. The van der Waals surface area contributed by atoms with Crippen molar-refractivity contribution >= 4 is 0 Å². The minimum absolute atomic E-state index is 0.0108. The number of rotatable bonds is 11. The van der Waals surface area contributed by atoms with Crippen LogP contribution in [-0.4, -0.2) is 48.8 Å². The first-order valence-corrected chi connectivity index (χ1v) is 5.39. The number of aliphatic hydroxyl groups is 2. The summed E-state index contributed by atoms with van der Waals surface area (Å²) >= 11 is 0. The third-order valence-corrected chi connectivity index (χ3v) is 2.03. The van der Waals surface area contributed by atoms with Crippen molar-refractivity contribution < 1.29 is 19.7 Å². The Morgan fingerprint density at radius 2 is 1.56 bits per heavy atom. The average Bonchev–Trinajstić information content (AvgIpc) is 2.24. The molecule has 4 heteroatoms. The van der Waals surface area contributed by atoms with Crippen LogP contribution < -0.4 is 0 Å². The summed E-state index contributed by atoms with van der Waals surface area (Å²) in [5.74, 6) is 0. The van der Waals surface area contributed by atoms with Gasteiger partial charge in [-0.15, -0.1) is 13.2 Å². The molecule has 0 saturated carbocycles. The van der Waals surface area contributed by atoms with Crippen molar-refractivity contribution in [3.05, 3.63) is 25.3 Å². The molecular weight excluding hydrogens is 208 g/mol. The van der Waals surface area contributed by atoms with E-state index in [0.717, 1.165) is 0 Å². The molecule has 0 aromatic rings. The Balaban J connectivity index is 3.67. The van der Waals surface area contributed by atoms with Gasteiger partial charge in [0.15, 0.2) is 0 Å². The normalized spacial score (nSPS) is 11.4. The first kappa shape index (κ1) is 15.3. The Labute approximate surface area is 97.2 Å². The zero-order valence-corrected chi connectivity index (χ0v) is 9.73. The standard InChI is InChI=1S/C12H22O4/c1-3-5-12(14,6-4-2)11-16-10-9-15-8-7-13/h3-4,13-14H,1-2,5-11H2. The molecular formula is C12H22O4. The predicted molar refractivity (Wildman–Crippen MR) is 63.3 cm³/mol. The Kier molecular flexibility index (Phi) is 9.13. The highest BCUT2D eigenvalue weighted by Gasteiger charge is 2.23. The molecule has 0 rings (SSSR count). The van der Waals surface area contributed by atoms with Crippen molar-refractivity contribution in [3.8, 4) is 0 Å². The highest BCUT2D eigenvalue weighted by molar-refractivity contribution is 4.91. The molecule has 4 nitrogen and oxygen atoms in total. The second-order valence-corrected chi connectivity index (χ2v) is 3.60. The van der Waals surface area contributed by atoms with E-state index in [1.807, 2.05) is 0 Å². The Hall–Kier alpha value is -0.680. The van der Waals surface area contributed by atoms with Gasteiger partial charge in [-0.1, -0.05) is 12.2 Å². The molecule has 0 unspecified atom stereocenters. The van der Waals surface area contributed by atoms with Gasteiger partial charge in [0.05, 0.1) is 38.6 Å². The summed E-state index contributed by atoms with van der Waals surface area (Å²) in [6, 6.07) is 0. The molecule has 0 aromatic carbocycles. The van der Waals surface area contributed by atoms with Gasteiger partial charge >= 0.3 is 0 Å². The van der Waals surface area contributed by atoms with E-state index >= 15 is 0 Å². The molecule has 0 aliphatic heterocycles. The zero-order valence-electron chi connectivity index (χ0n) is 9.73. The van der Waals surface area contributed by atoms with Crippen molar-refractivity contribution in [2.24, 2.45) is 0 Å². The van der Waals surface area contributed by atoms with Gasteiger partial charge in [0.2, 0.25) is 0 Å². The zero-order chi connectivity index (χ0) is 12.3. The summed E-state index contributed by atoms with van der Waals surface area (Å²) in [5, 5.41) is 18.5. The van der Waals surface area contributed by atoms with Gasteiger partial charge in [-0.2, -0.15) is 0 Å². The van der Waals surface area contributed by atoms with Crippen LogP contribution in [0.5, 0.6) is 0 Å². The summed E-state index contributed by atoms with van der Waals surface area (Å²) in [5.41, 5.74) is -0.916. The molecule has 0 spiro atoms. The van der Waals surface area contributed by atoms with Gasteiger partial charge in [0.1, 0.15) is 0 Å². The van der Waals surface area contributed by atoms with Crippen LogP contribution in [0.1, 0.15) is 12.8 Å². The second kappa shape index (κ2) is 9.54. The quantitative estimate of drug-likeness (QED) is 0.409. The minimum atomic E-state index is -0.916. The maximum atomic E-state index is 10.1. The van der Waals surface area contributed by atoms with Crippen molar-refractivity contribution in [1.29, 1.82) is 0 Å². The minimum Gasteiger partial charge on any atom is -0.394 e. The lowest BCUT2D eigenvalue weighted by Crippen LogP contribution is -2.34. The number of hydrogen-bond acceptors (Lipinski definition) is 4. The molecule has 0 fully saturated rings. The van der Waals surface area contributed by atoms with Crippen LogP contribution in [0.4, 0.5) is 0 Å². The smallest absolute Gasteiger partial charge is 0.0948 e. The van der Waals surface area contributed by atoms with Gasteiger partial charge in [-0.05, 0) is 12.8 Å². The number of hydrogen-bond donors (Lipinski definition) is 2. The summed E-state index contributed by atoms with van der Waals surface area (Å²) in [4.78, 5) is 0. The Morgan fingerprint density at radius 1 is 1.00 bits per heavy atom. The van der Waals surface area contributed by atoms with E-state index in [4.69, 9.17) is 14.6 Å². The maximum Gasteiger partial charge on any atom is 0.0948 e. The summed E-state index contributed by atoms with van der Waals surface area (Å²) in [6.45, 7) is 8.56. The van der Waals surface area contributed by atoms with Gasteiger partial charge in [-0.25, -0.2) is 0 Å². The van der Waals surface area contributed by atoms with Crippen LogP contribution >= 0.6 is 0 Å². The lowest BCUT2D eigenvalue weighted by atomic mass is 9.97. The lowest BCUT2D eigenvalue weighted by Gasteiger charge is -2.25. The van der Waals surface area contributed by atoms with Gasteiger partial charge < -0.3 is 19.7 Å². The predicted octanol–water partition coefficient (Wildman–Crippen LogP) is 0.895. The summed E-state index contributed by atoms with van der Waals surface area (Å²) < 4.78 is 10.3. The number of aliphatic hydroxyl groups excluding tert-OH is 1. The molecule has 0 atom stereocenters. The molecule has 0 radical (unpaired) electrons. The molecule has 16 heavy (non-hydrogen) atoms. The molecule has 0 heterocycles. The fraction of sp³-hybridized carbons (Fsp3) is 0.667. The van der Waals surface area contributed by atoms with Crippen LogP contribution in [-0.2, 0) is 9.47 Å². The van der Waals surface area contributed by atoms with Crippen LogP contribution in [0.15, 0.2) is 25.3 Å². The third-order valence-electron chi connectivity index (χ3n) is 2.03. The monoisotopic (exact) mass is 230 g/mol. The molecule has 0 bridgehead atoms. The van der Waals surface area contributed by atoms with Crippen molar-refractivity contribution in [3.63, 3.8) is 0 Å². The summed E-state index contributed by atoms with van der Waals surface area (Å²) in [7, 11) is 0. The molecule has 2 N–H and O–H groups in total. The third kappa shape index (κ3) is 7.59. The topological polar surface area (TPSA) is 58.9 Å². The summed E-state index contributed by atoms with van der Waals surface area (Å²) in [6.07, 6.45) is 4.26. The van der Waals surface area contributed by atoms with E-state index in [0.29, 0.717) is 32.7 Å². The van der Waals surface area contributed by atoms with Gasteiger partial charge in [0.25, 0.3) is 0 Å². The van der Waals surface area contributed by atoms with Crippen molar-refractivity contribution in [2.75, 3.05) is 33.0 Å². The van der Waals surface area contributed by atoms with E-state index in [2.05, 4.69) is 13.2 Å². The number of ether oxygens (including phenoxy) is 2. The van der Waals surface area contributed by atoms with Crippen molar-refractivity contribution in [1.82, 2.24) is 0 Å². The molecule has 0 aliphatic carbocycles. The van der Waals surface area contributed by atoms with Gasteiger partial charge in [0, 0.05) is 0 Å². The van der Waals surface area contributed by atoms with Crippen molar-refractivity contribution in [2.45, 2.75) is 18.4 Å². The lowest BCUT2D eigenvalue weighted by molar-refractivity contribution is -0.0562. The second-order valence-electron chi connectivity index (χ2n) is 3.60. The first-order valence-electron chi connectivity index (χ1n) is 5.39. The molecule has 0 aromatic heterocycles. The SMILES string of the molecule is C=CCC(O)(CC=C)COCCOCCO.